The highest BCUT2D eigenvalue weighted by Crippen LogP contribution is 2.47. The van der Waals surface area contributed by atoms with Crippen molar-refractivity contribution in [1.82, 2.24) is 4.90 Å². The lowest BCUT2D eigenvalue weighted by Crippen LogP contribution is -2.49. The lowest BCUT2D eigenvalue weighted by atomic mass is 9.76. The van der Waals surface area contributed by atoms with Crippen molar-refractivity contribution in [2.24, 2.45) is 11.0 Å². The van der Waals surface area contributed by atoms with Gasteiger partial charge < -0.3 is 4.74 Å². The number of piperidine rings is 1. The molecular weight excluding hydrogens is 443 g/mol. The van der Waals surface area contributed by atoms with Crippen molar-refractivity contribution >= 4 is 46.7 Å². The Balaban J connectivity index is 0.00000208. The smallest absolute Gasteiger partial charge is 0.310 e. The number of carbonyl (C=O) groups is 1. The van der Waals surface area contributed by atoms with E-state index >= 15 is 0 Å². The minimum atomic E-state index is -0.134. The summed E-state index contributed by atoms with van der Waals surface area (Å²) >= 11 is 2.18. The minimum absolute atomic E-state index is 0. The molecule has 1 aromatic rings. The van der Waals surface area contributed by atoms with Crippen molar-refractivity contribution in [1.29, 1.82) is 0 Å². The minimum Gasteiger partial charge on any atom is -0.469 e. The number of fused-ring (bicyclic) bond motifs is 2. The number of benzene rings is 1. The molecule has 6 nitrogen and oxygen atoms in total. The molecule has 0 spiro atoms. The van der Waals surface area contributed by atoms with E-state index < -0.39 is 0 Å². The van der Waals surface area contributed by atoms with Crippen LogP contribution in [0.15, 0.2) is 23.3 Å². The molecule has 0 N–H and O–H groups in total. The number of halogens is 2. The van der Waals surface area contributed by atoms with Crippen LogP contribution in [0, 0.1) is 9.49 Å². The molecule has 0 radical (unpaired) electrons. The van der Waals surface area contributed by atoms with Crippen LogP contribution in [0.1, 0.15) is 30.7 Å². The maximum atomic E-state index is 12.4. The second-order valence-electron chi connectivity index (χ2n) is 6.26. The number of rotatable bonds is 3. The highest BCUT2D eigenvalue weighted by atomic mass is 127. The van der Waals surface area contributed by atoms with Crippen LogP contribution in [0.4, 0.5) is 5.69 Å². The van der Waals surface area contributed by atoms with E-state index in [0.29, 0.717) is 11.7 Å². The van der Waals surface area contributed by atoms with Gasteiger partial charge in [0.2, 0.25) is 0 Å². The Bertz CT molecular complexity index is 680. The van der Waals surface area contributed by atoms with E-state index in [1.54, 1.807) is 0 Å². The molecule has 3 rings (SSSR count). The maximum absolute atomic E-state index is 12.4. The van der Waals surface area contributed by atoms with E-state index in [4.69, 9.17) is 10.3 Å². The van der Waals surface area contributed by atoms with Gasteiger partial charge in [-0.25, -0.2) is 0 Å². The fourth-order valence-electron chi connectivity index (χ4n) is 4.15. The van der Waals surface area contributed by atoms with Gasteiger partial charge in [0.15, 0.2) is 0 Å². The van der Waals surface area contributed by atoms with E-state index in [1.165, 1.54) is 7.11 Å². The summed E-state index contributed by atoms with van der Waals surface area (Å²) in [6.07, 6.45) is 3.15. The van der Waals surface area contributed by atoms with Crippen LogP contribution in [0.5, 0.6) is 0 Å². The van der Waals surface area contributed by atoms with E-state index in [-0.39, 0.29) is 36.3 Å². The molecule has 2 bridgehead atoms. The molecule has 24 heavy (non-hydrogen) atoms. The van der Waals surface area contributed by atoms with Gasteiger partial charge in [0.25, 0.3) is 0 Å². The molecule has 2 heterocycles. The Labute approximate surface area is 161 Å². The zero-order chi connectivity index (χ0) is 16.6. The number of methoxy groups -OCH3 is 1. The van der Waals surface area contributed by atoms with Gasteiger partial charge >= 0.3 is 5.97 Å². The van der Waals surface area contributed by atoms with Gasteiger partial charge in [0.05, 0.1) is 18.7 Å². The summed E-state index contributed by atoms with van der Waals surface area (Å²) in [5, 5.41) is 3.69. The Morgan fingerprint density at radius 2 is 2.21 bits per heavy atom. The molecule has 0 saturated carbocycles. The van der Waals surface area contributed by atoms with E-state index in [0.717, 1.165) is 28.4 Å². The number of azide groups is 1. The molecule has 0 aliphatic carbocycles. The maximum Gasteiger partial charge on any atom is 0.310 e. The topological polar surface area (TPSA) is 78.3 Å². The second-order valence-corrected chi connectivity index (χ2v) is 7.42. The summed E-state index contributed by atoms with van der Waals surface area (Å²) in [5.74, 6) is -0.101. The fraction of sp³-hybridized carbons (Fsp3) is 0.562. The molecule has 0 aromatic heterocycles. The highest BCUT2D eigenvalue weighted by Gasteiger charge is 2.49. The summed E-state index contributed by atoms with van der Waals surface area (Å²) in [6.45, 7) is 0. The lowest BCUT2D eigenvalue weighted by molar-refractivity contribution is -0.150. The van der Waals surface area contributed by atoms with Crippen LogP contribution in [0.25, 0.3) is 10.4 Å². The van der Waals surface area contributed by atoms with Gasteiger partial charge in [0, 0.05) is 26.5 Å². The van der Waals surface area contributed by atoms with Gasteiger partial charge in [-0.2, -0.15) is 0 Å². The van der Waals surface area contributed by atoms with Crippen molar-refractivity contribution in [3.63, 3.8) is 0 Å². The molecule has 2 aliphatic rings. The third-order valence-corrected chi connectivity index (χ3v) is 6.16. The van der Waals surface area contributed by atoms with Gasteiger partial charge in [-0.1, -0.05) is 17.2 Å². The zero-order valence-corrected chi connectivity index (χ0v) is 16.5. The van der Waals surface area contributed by atoms with Crippen LogP contribution in [-0.4, -0.2) is 37.1 Å². The molecule has 130 valence electrons. The predicted octanol–water partition coefficient (Wildman–Crippen LogP) is 4.39. The predicted molar refractivity (Wildman–Crippen MR) is 103 cm³/mol. The van der Waals surface area contributed by atoms with Gasteiger partial charge in [-0.05, 0) is 66.1 Å². The summed E-state index contributed by atoms with van der Waals surface area (Å²) < 4.78 is 6.01. The molecule has 0 amide bonds. The van der Waals surface area contributed by atoms with E-state index in [1.807, 2.05) is 18.2 Å². The Morgan fingerprint density at radius 1 is 1.46 bits per heavy atom. The van der Waals surface area contributed by atoms with Crippen LogP contribution in [0.2, 0.25) is 0 Å². The number of ether oxygens (including phenoxy) is 1. The fourth-order valence-corrected chi connectivity index (χ4v) is 4.80. The third kappa shape index (κ3) is 3.35. The number of nitrogens with zero attached hydrogens (tertiary/aromatic N) is 4. The Kier molecular flexibility index (Phi) is 6.36. The van der Waals surface area contributed by atoms with Crippen molar-refractivity contribution in [3.8, 4) is 0 Å². The van der Waals surface area contributed by atoms with Gasteiger partial charge in [-0.3, -0.25) is 9.69 Å². The highest BCUT2D eigenvalue weighted by molar-refractivity contribution is 14.1. The third-order valence-electron chi connectivity index (χ3n) is 5.29. The summed E-state index contributed by atoms with van der Waals surface area (Å²) in [4.78, 5) is 17.6. The summed E-state index contributed by atoms with van der Waals surface area (Å²) in [5.41, 5.74) is 10.4. The standard InChI is InChI=1S/C16H19IN4O2.ClH/c1-21-10-4-6-14(21)15(16(22)23-2)11(8-10)9-3-5-13(19-20-18)12(17)7-9;/h3,5,7,10-11,14-15H,4,6,8H2,1-2H3;1H/t10-,11+,14+,15-;/m0./s1. The van der Waals surface area contributed by atoms with E-state index in [2.05, 4.69) is 44.6 Å². The van der Waals surface area contributed by atoms with Crippen molar-refractivity contribution in [2.75, 3.05) is 14.2 Å². The quantitative estimate of drug-likeness (QED) is 0.220. The number of carbonyl (C=O) groups excluding carboxylic acids is 1. The van der Waals surface area contributed by atoms with Crippen molar-refractivity contribution in [2.45, 2.75) is 37.3 Å². The molecular formula is C16H20ClIN4O2. The molecule has 1 aromatic carbocycles. The largest absolute Gasteiger partial charge is 0.469 e. The van der Waals surface area contributed by atoms with Crippen LogP contribution in [-0.2, 0) is 9.53 Å². The first-order valence-electron chi connectivity index (χ1n) is 7.71. The van der Waals surface area contributed by atoms with E-state index in [9.17, 15) is 4.79 Å². The Hall–Kier alpha value is -1.02. The summed E-state index contributed by atoms with van der Waals surface area (Å²) in [6, 6.07) is 6.64. The Morgan fingerprint density at radius 3 is 2.83 bits per heavy atom. The van der Waals surface area contributed by atoms with Crippen molar-refractivity contribution in [3.05, 3.63) is 37.8 Å². The van der Waals surface area contributed by atoms with Gasteiger partial charge in [0.1, 0.15) is 0 Å². The van der Waals surface area contributed by atoms with Crippen molar-refractivity contribution < 1.29 is 9.53 Å². The summed E-state index contributed by atoms with van der Waals surface area (Å²) in [7, 11) is 3.58. The average Bonchev–Trinajstić information content (AvgIpc) is 2.79. The molecule has 2 aliphatic heterocycles. The molecule has 2 saturated heterocycles. The normalized spacial score (nSPS) is 28.6. The molecule has 2 fully saturated rings. The number of esters is 1. The molecule has 4 atom stereocenters. The zero-order valence-electron chi connectivity index (χ0n) is 13.6. The first-order valence-corrected chi connectivity index (χ1v) is 8.79. The molecule has 8 heteroatoms. The number of hydrogen-bond donors (Lipinski definition) is 0. The van der Waals surface area contributed by atoms with Crippen LogP contribution in [0.3, 0.4) is 0 Å². The average molecular weight is 463 g/mol. The monoisotopic (exact) mass is 462 g/mol. The van der Waals surface area contributed by atoms with Gasteiger partial charge in [-0.15, -0.1) is 12.4 Å². The SMILES string of the molecule is COC(=O)[C@H]1[C@@H](c2ccc(N=[N+]=[N-])c(I)c2)C[C@@H]2CC[C@H]1N2C.Cl. The second kappa shape index (κ2) is 7.91. The molecule has 0 unspecified atom stereocenters. The van der Waals surface area contributed by atoms with Crippen LogP contribution < -0.4 is 0 Å². The first kappa shape index (κ1) is 19.3. The van der Waals surface area contributed by atoms with Crippen LogP contribution >= 0.6 is 35.0 Å². The first-order chi connectivity index (χ1) is 11.1. The number of hydrogen-bond acceptors (Lipinski definition) is 4. The lowest BCUT2D eigenvalue weighted by Gasteiger charge is -2.41.